The largest absolute Gasteiger partial charge is 0.480 e. The van der Waals surface area contributed by atoms with Gasteiger partial charge in [-0.15, -0.1) is 11.8 Å². The van der Waals surface area contributed by atoms with Crippen LogP contribution in [0.5, 0.6) is 0 Å². The van der Waals surface area contributed by atoms with Crippen LogP contribution in [0.1, 0.15) is 39.0 Å². The van der Waals surface area contributed by atoms with Gasteiger partial charge in [-0.2, -0.15) is 0 Å². The fourth-order valence-electron chi connectivity index (χ4n) is 2.73. The van der Waals surface area contributed by atoms with Gasteiger partial charge in [0.25, 0.3) is 0 Å². The van der Waals surface area contributed by atoms with E-state index in [0.29, 0.717) is 5.75 Å². The Morgan fingerprint density at radius 2 is 1.95 bits per heavy atom. The molecule has 1 N–H and O–H groups in total. The summed E-state index contributed by atoms with van der Waals surface area (Å²) in [5.74, 6) is -0.365. The smallest absolute Gasteiger partial charge is 0.327 e. The van der Waals surface area contributed by atoms with E-state index in [0.717, 1.165) is 38.8 Å². The molecular weight excluding hydrogens is 264 g/mol. The highest BCUT2D eigenvalue weighted by atomic mass is 32.2. The van der Waals surface area contributed by atoms with Crippen molar-refractivity contribution in [2.45, 2.75) is 50.4 Å². The third kappa shape index (κ3) is 3.16. The van der Waals surface area contributed by atoms with Gasteiger partial charge in [0.1, 0.15) is 6.04 Å². The maximum atomic E-state index is 12.6. The molecule has 0 aliphatic carbocycles. The normalized spacial score (nSPS) is 27.6. The number of hydrogen-bond donors (Lipinski definition) is 1. The quantitative estimate of drug-likeness (QED) is 0.864. The minimum Gasteiger partial charge on any atom is -0.480 e. The van der Waals surface area contributed by atoms with Gasteiger partial charge in [-0.3, -0.25) is 4.90 Å². The standard InChI is InChI=1S/C13H22N2O3S/c1-2-6-11-15(10(9-19-11)12(16)17)13(18)14-7-4-3-5-8-14/h10-11H,2-9H2,1H3,(H,16,17). The first kappa shape index (κ1) is 14.5. The Labute approximate surface area is 118 Å². The number of piperidine rings is 1. The predicted octanol–water partition coefficient (Wildman–Crippen LogP) is 2.22. The number of hydrogen-bond acceptors (Lipinski definition) is 3. The Bertz CT molecular complexity index is 345. The minimum absolute atomic E-state index is 0.0283. The van der Waals surface area contributed by atoms with Crippen LogP contribution in [0, 0.1) is 0 Å². The van der Waals surface area contributed by atoms with Crippen LogP contribution < -0.4 is 0 Å². The highest BCUT2D eigenvalue weighted by Crippen LogP contribution is 2.33. The summed E-state index contributed by atoms with van der Waals surface area (Å²) in [7, 11) is 0. The Morgan fingerprint density at radius 3 is 2.53 bits per heavy atom. The number of urea groups is 1. The third-order valence-corrected chi connectivity index (χ3v) is 5.12. The van der Waals surface area contributed by atoms with Crippen molar-refractivity contribution in [1.29, 1.82) is 0 Å². The second kappa shape index (κ2) is 6.50. The molecule has 2 heterocycles. The SMILES string of the molecule is CCCC1SCC(C(=O)O)N1C(=O)N1CCCCC1. The molecule has 0 radical (unpaired) electrons. The van der Waals surface area contributed by atoms with Crippen molar-refractivity contribution in [1.82, 2.24) is 9.80 Å². The van der Waals surface area contributed by atoms with Crippen molar-refractivity contribution >= 4 is 23.8 Å². The van der Waals surface area contributed by atoms with Crippen LogP contribution in [0.2, 0.25) is 0 Å². The topological polar surface area (TPSA) is 60.9 Å². The molecule has 2 rings (SSSR count). The summed E-state index contributed by atoms with van der Waals surface area (Å²) >= 11 is 1.60. The molecule has 2 unspecified atom stereocenters. The lowest BCUT2D eigenvalue weighted by Crippen LogP contribution is -2.52. The Hall–Kier alpha value is -0.910. The van der Waals surface area contributed by atoms with Crippen LogP contribution >= 0.6 is 11.8 Å². The highest BCUT2D eigenvalue weighted by Gasteiger charge is 2.42. The zero-order valence-electron chi connectivity index (χ0n) is 11.4. The van der Waals surface area contributed by atoms with E-state index in [1.165, 1.54) is 6.42 Å². The number of carbonyl (C=O) groups excluding carboxylic acids is 1. The zero-order valence-corrected chi connectivity index (χ0v) is 12.2. The molecular formula is C13H22N2O3S. The molecule has 2 saturated heterocycles. The fraction of sp³-hybridized carbons (Fsp3) is 0.846. The summed E-state index contributed by atoms with van der Waals surface area (Å²) in [6.45, 7) is 3.61. The van der Waals surface area contributed by atoms with Crippen LogP contribution in [0.4, 0.5) is 4.79 Å². The average molecular weight is 286 g/mol. The van der Waals surface area contributed by atoms with Gasteiger partial charge in [-0.1, -0.05) is 13.3 Å². The summed E-state index contributed by atoms with van der Waals surface area (Å²) in [5.41, 5.74) is 0. The first-order chi connectivity index (χ1) is 9.15. The van der Waals surface area contributed by atoms with Crippen LogP contribution in [0.15, 0.2) is 0 Å². The predicted molar refractivity (Wildman–Crippen MR) is 75.2 cm³/mol. The number of nitrogens with zero attached hydrogens (tertiary/aromatic N) is 2. The number of carbonyl (C=O) groups is 2. The molecule has 0 saturated carbocycles. The number of likely N-dealkylation sites (tertiary alicyclic amines) is 1. The van der Waals surface area contributed by atoms with E-state index in [9.17, 15) is 14.7 Å². The third-order valence-electron chi connectivity index (χ3n) is 3.76. The van der Waals surface area contributed by atoms with Crippen molar-refractivity contribution in [2.75, 3.05) is 18.8 Å². The number of aliphatic carboxylic acids is 1. The Balaban J connectivity index is 2.10. The molecule has 108 valence electrons. The van der Waals surface area contributed by atoms with Gasteiger partial charge in [0.15, 0.2) is 0 Å². The lowest BCUT2D eigenvalue weighted by Gasteiger charge is -2.35. The summed E-state index contributed by atoms with van der Waals surface area (Å²) in [5, 5.41) is 9.32. The molecule has 2 amide bonds. The van der Waals surface area contributed by atoms with E-state index >= 15 is 0 Å². The lowest BCUT2D eigenvalue weighted by molar-refractivity contribution is -0.141. The van der Waals surface area contributed by atoms with E-state index in [1.54, 1.807) is 16.7 Å². The van der Waals surface area contributed by atoms with Crippen molar-refractivity contribution in [3.05, 3.63) is 0 Å². The molecule has 5 nitrogen and oxygen atoms in total. The van der Waals surface area contributed by atoms with Crippen LogP contribution in [0.25, 0.3) is 0 Å². The second-order valence-corrected chi connectivity index (χ2v) is 6.38. The molecule has 0 bridgehead atoms. The molecule has 19 heavy (non-hydrogen) atoms. The highest BCUT2D eigenvalue weighted by molar-refractivity contribution is 8.00. The molecule has 0 aromatic rings. The van der Waals surface area contributed by atoms with Crippen molar-refractivity contribution in [3.8, 4) is 0 Å². The first-order valence-electron chi connectivity index (χ1n) is 7.06. The van der Waals surface area contributed by atoms with Gasteiger partial charge in [0.05, 0.1) is 5.37 Å². The summed E-state index contributed by atoms with van der Waals surface area (Å²) in [6.07, 6.45) is 5.06. The molecule has 6 heteroatoms. The molecule has 0 aromatic carbocycles. The van der Waals surface area contributed by atoms with E-state index < -0.39 is 12.0 Å². The van der Waals surface area contributed by atoms with Crippen molar-refractivity contribution in [2.24, 2.45) is 0 Å². The average Bonchev–Trinajstić information content (AvgIpc) is 2.83. The number of rotatable bonds is 3. The molecule has 0 spiro atoms. The first-order valence-corrected chi connectivity index (χ1v) is 8.11. The number of carboxylic acids is 1. The molecule has 2 fully saturated rings. The van der Waals surface area contributed by atoms with Gasteiger partial charge < -0.3 is 10.0 Å². The van der Waals surface area contributed by atoms with Crippen LogP contribution in [-0.2, 0) is 4.79 Å². The molecule has 0 aromatic heterocycles. The summed E-state index contributed by atoms with van der Waals surface area (Å²) in [4.78, 5) is 27.3. The summed E-state index contributed by atoms with van der Waals surface area (Å²) < 4.78 is 0. The molecule has 2 atom stereocenters. The van der Waals surface area contributed by atoms with Crippen molar-refractivity contribution in [3.63, 3.8) is 0 Å². The summed E-state index contributed by atoms with van der Waals surface area (Å²) in [6, 6.07) is -0.730. The minimum atomic E-state index is -0.878. The van der Waals surface area contributed by atoms with Gasteiger partial charge in [0, 0.05) is 18.8 Å². The van der Waals surface area contributed by atoms with E-state index in [-0.39, 0.29) is 11.4 Å². The van der Waals surface area contributed by atoms with Gasteiger partial charge >= 0.3 is 12.0 Å². The number of amides is 2. The van der Waals surface area contributed by atoms with Crippen molar-refractivity contribution < 1.29 is 14.7 Å². The molecule has 2 aliphatic heterocycles. The Kier molecular flexibility index (Phi) is 4.96. The number of carboxylic acid groups (broad SMARTS) is 1. The lowest BCUT2D eigenvalue weighted by atomic mass is 10.1. The van der Waals surface area contributed by atoms with Crippen LogP contribution in [-0.4, -0.2) is 57.2 Å². The van der Waals surface area contributed by atoms with Gasteiger partial charge in [-0.25, -0.2) is 9.59 Å². The van der Waals surface area contributed by atoms with E-state index in [4.69, 9.17) is 0 Å². The number of thioether (sulfide) groups is 1. The van der Waals surface area contributed by atoms with Gasteiger partial charge in [0.2, 0.25) is 0 Å². The second-order valence-electron chi connectivity index (χ2n) is 5.17. The van der Waals surface area contributed by atoms with E-state index in [1.807, 2.05) is 4.90 Å². The van der Waals surface area contributed by atoms with Gasteiger partial charge in [-0.05, 0) is 25.7 Å². The maximum absolute atomic E-state index is 12.6. The van der Waals surface area contributed by atoms with Crippen LogP contribution in [0.3, 0.4) is 0 Å². The monoisotopic (exact) mass is 286 g/mol. The fourth-order valence-corrected chi connectivity index (χ4v) is 4.24. The Morgan fingerprint density at radius 1 is 1.26 bits per heavy atom. The maximum Gasteiger partial charge on any atom is 0.327 e. The van der Waals surface area contributed by atoms with E-state index in [2.05, 4.69) is 6.92 Å². The zero-order chi connectivity index (χ0) is 13.8. The molecule has 2 aliphatic rings.